The van der Waals surface area contributed by atoms with E-state index >= 15 is 0 Å². The second-order valence-corrected chi connectivity index (χ2v) is 7.75. The number of hydrogen-bond donors (Lipinski definition) is 2. The Morgan fingerprint density at radius 2 is 1.79 bits per heavy atom. The predicted octanol–water partition coefficient (Wildman–Crippen LogP) is 4.63. The molecule has 150 valence electrons. The van der Waals surface area contributed by atoms with Crippen molar-refractivity contribution in [3.05, 3.63) is 68.0 Å². The summed E-state index contributed by atoms with van der Waals surface area (Å²) in [5.41, 5.74) is 0.609. The van der Waals surface area contributed by atoms with Gasteiger partial charge in [-0.15, -0.1) is 0 Å². The third-order valence-electron chi connectivity index (χ3n) is 4.06. The Morgan fingerprint density at radius 3 is 2.32 bits per heavy atom. The minimum Gasteiger partial charge on any atom is -0.480 e. The Hall–Kier alpha value is -1.81. The third-order valence-corrected chi connectivity index (χ3v) is 5.10. The average Bonchev–Trinajstić information content (AvgIpc) is 2.61. The van der Waals surface area contributed by atoms with Crippen molar-refractivity contribution in [2.24, 2.45) is 0 Å². The SMILES string of the molecule is O=C(CC(c1ccc(F)cc1Cl)C(F)F)NC(Cc1ccc(I)cc1)C(=O)O. The van der Waals surface area contributed by atoms with Crippen molar-refractivity contribution in [2.75, 3.05) is 0 Å². The fourth-order valence-corrected chi connectivity index (χ4v) is 3.31. The van der Waals surface area contributed by atoms with E-state index in [4.69, 9.17) is 11.6 Å². The Morgan fingerprint density at radius 1 is 1.14 bits per heavy atom. The molecule has 0 fully saturated rings. The standard InChI is InChI=1S/C19H16ClF3INO3/c20-15-8-11(21)3-6-13(15)14(18(22)23)9-17(26)25-16(19(27)28)7-10-1-4-12(24)5-2-10/h1-6,8,14,16,18H,7,9H2,(H,25,26)(H,27,28). The van der Waals surface area contributed by atoms with Crippen molar-refractivity contribution in [1.29, 1.82) is 0 Å². The highest BCUT2D eigenvalue weighted by Gasteiger charge is 2.29. The van der Waals surface area contributed by atoms with Crippen LogP contribution in [0.3, 0.4) is 0 Å². The first-order valence-electron chi connectivity index (χ1n) is 8.17. The number of aliphatic carboxylic acids is 1. The summed E-state index contributed by atoms with van der Waals surface area (Å²) in [7, 11) is 0. The molecule has 0 bridgehead atoms. The lowest BCUT2D eigenvalue weighted by Gasteiger charge is -2.20. The van der Waals surface area contributed by atoms with E-state index in [1.807, 2.05) is 0 Å². The molecule has 28 heavy (non-hydrogen) atoms. The van der Waals surface area contributed by atoms with Crippen molar-refractivity contribution >= 4 is 46.1 Å². The number of carbonyl (C=O) groups excluding carboxylic acids is 1. The summed E-state index contributed by atoms with van der Waals surface area (Å²) >= 11 is 7.93. The molecule has 0 radical (unpaired) electrons. The van der Waals surface area contributed by atoms with Gasteiger partial charge in [-0.25, -0.2) is 18.0 Å². The molecule has 0 heterocycles. The van der Waals surface area contributed by atoms with Crippen LogP contribution in [0.1, 0.15) is 23.5 Å². The number of hydrogen-bond acceptors (Lipinski definition) is 2. The number of rotatable bonds is 8. The molecule has 2 N–H and O–H groups in total. The first-order valence-corrected chi connectivity index (χ1v) is 9.62. The van der Waals surface area contributed by atoms with Crippen LogP contribution < -0.4 is 5.32 Å². The first-order chi connectivity index (χ1) is 13.2. The van der Waals surface area contributed by atoms with Crippen molar-refractivity contribution in [2.45, 2.75) is 31.2 Å². The number of carbonyl (C=O) groups is 2. The lowest BCUT2D eigenvalue weighted by atomic mass is 9.95. The molecule has 0 aliphatic heterocycles. The summed E-state index contributed by atoms with van der Waals surface area (Å²) in [4.78, 5) is 23.7. The highest BCUT2D eigenvalue weighted by atomic mass is 127. The summed E-state index contributed by atoms with van der Waals surface area (Å²) < 4.78 is 41.0. The first kappa shape index (κ1) is 22.5. The lowest BCUT2D eigenvalue weighted by molar-refractivity contribution is -0.141. The normalized spacial score (nSPS) is 13.2. The Bertz CT molecular complexity index is 849. The van der Waals surface area contributed by atoms with Gasteiger partial charge in [0.2, 0.25) is 12.3 Å². The van der Waals surface area contributed by atoms with Crippen LogP contribution in [0.4, 0.5) is 13.2 Å². The smallest absolute Gasteiger partial charge is 0.326 e. The topological polar surface area (TPSA) is 66.4 Å². The molecule has 4 nitrogen and oxygen atoms in total. The van der Waals surface area contributed by atoms with E-state index in [-0.39, 0.29) is 17.0 Å². The van der Waals surface area contributed by atoms with Gasteiger partial charge in [0.25, 0.3) is 0 Å². The molecule has 0 aromatic heterocycles. The number of benzene rings is 2. The second kappa shape index (κ2) is 10.1. The molecular weight excluding hydrogens is 510 g/mol. The van der Waals surface area contributed by atoms with Gasteiger partial charge in [0.05, 0.1) is 5.92 Å². The molecule has 1 amide bonds. The van der Waals surface area contributed by atoms with Gasteiger partial charge in [-0.3, -0.25) is 4.79 Å². The molecule has 9 heteroatoms. The highest BCUT2D eigenvalue weighted by Crippen LogP contribution is 2.32. The summed E-state index contributed by atoms with van der Waals surface area (Å²) in [6.07, 6.45) is -3.61. The maximum atomic E-state index is 13.5. The number of halogens is 5. The van der Waals surface area contributed by atoms with Crippen molar-refractivity contribution in [3.8, 4) is 0 Å². The van der Waals surface area contributed by atoms with Crippen molar-refractivity contribution in [1.82, 2.24) is 5.32 Å². The van der Waals surface area contributed by atoms with Crippen LogP contribution in [0.15, 0.2) is 42.5 Å². The minimum absolute atomic E-state index is 0.00857. The molecule has 2 rings (SSSR count). The molecule has 2 unspecified atom stereocenters. The number of nitrogens with one attached hydrogen (secondary N) is 1. The van der Waals surface area contributed by atoms with Crippen LogP contribution >= 0.6 is 34.2 Å². The third kappa shape index (κ3) is 6.37. The zero-order valence-electron chi connectivity index (χ0n) is 14.3. The van der Waals surface area contributed by atoms with Crippen LogP contribution in [0, 0.1) is 9.39 Å². The Kier molecular flexibility index (Phi) is 8.11. The summed E-state index contributed by atoms with van der Waals surface area (Å²) in [6.45, 7) is 0. The largest absolute Gasteiger partial charge is 0.480 e. The van der Waals surface area contributed by atoms with Gasteiger partial charge in [-0.2, -0.15) is 0 Å². The van der Waals surface area contributed by atoms with Crippen LogP contribution in [-0.2, 0) is 16.0 Å². The van der Waals surface area contributed by atoms with Gasteiger partial charge in [-0.1, -0.05) is 29.8 Å². The molecule has 0 saturated heterocycles. The summed E-state index contributed by atoms with van der Waals surface area (Å²) in [5.74, 6) is -4.40. The maximum Gasteiger partial charge on any atom is 0.326 e. The average molecular weight is 526 g/mol. The highest BCUT2D eigenvalue weighted by molar-refractivity contribution is 14.1. The fraction of sp³-hybridized carbons (Fsp3) is 0.263. The number of amides is 1. The number of carboxylic acids is 1. The molecule has 0 aliphatic rings. The molecule has 0 spiro atoms. The van der Waals surface area contributed by atoms with E-state index in [0.29, 0.717) is 5.56 Å². The quantitative estimate of drug-likeness (QED) is 0.494. The molecule has 2 aromatic rings. The second-order valence-electron chi connectivity index (χ2n) is 6.10. The van der Waals surface area contributed by atoms with E-state index in [2.05, 4.69) is 27.9 Å². The molecule has 0 saturated carbocycles. The van der Waals surface area contributed by atoms with Crippen molar-refractivity contribution < 1.29 is 27.9 Å². The van der Waals surface area contributed by atoms with Crippen LogP contribution in [-0.4, -0.2) is 29.5 Å². The number of alkyl halides is 2. The van der Waals surface area contributed by atoms with Crippen LogP contribution in [0.5, 0.6) is 0 Å². The maximum absolute atomic E-state index is 13.5. The number of carboxylic acid groups (broad SMARTS) is 1. The summed E-state index contributed by atoms with van der Waals surface area (Å²) in [6, 6.07) is 8.73. The van der Waals surface area contributed by atoms with Gasteiger partial charge >= 0.3 is 5.97 Å². The molecule has 2 aromatic carbocycles. The van der Waals surface area contributed by atoms with E-state index < -0.39 is 42.5 Å². The molecule has 2 atom stereocenters. The Labute approximate surface area is 178 Å². The van der Waals surface area contributed by atoms with E-state index in [9.17, 15) is 27.9 Å². The Balaban J connectivity index is 2.11. The minimum atomic E-state index is -2.94. The van der Waals surface area contributed by atoms with Gasteiger partial charge in [0, 0.05) is 21.4 Å². The zero-order valence-corrected chi connectivity index (χ0v) is 17.3. The van der Waals surface area contributed by atoms with Gasteiger partial charge in [0.1, 0.15) is 11.9 Å². The van der Waals surface area contributed by atoms with Gasteiger partial charge in [-0.05, 0) is 58.0 Å². The van der Waals surface area contributed by atoms with Crippen molar-refractivity contribution in [3.63, 3.8) is 0 Å². The summed E-state index contributed by atoms with van der Waals surface area (Å²) in [5, 5.41) is 11.4. The monoisotopic (exact) mass is 525 g/mol. The van der Waals surface area contributed by atoms with E-state index in [1.165, 1.54) is 0 Å². The molecule has 0 aliphatic carbocycles. The lowest BCUT2D eigenvalue weighted by Crippen LogP contribution is -2.43. The zero-order chi connectivity index (χ0) is 20.8. The van der Waals surface area contributed by atoms with Gasteiger partial charge in [0.15, 0.2) is 0 Å². The fourth-order valence-electron chi connectivity index (χ4n) is 2.65. The predicted molar refractivity (Wildman–Crippen MR) is 107 cm³/mol. The van der Waals surface area contributed by atoms with Gasteiger partial charge < -0.3 is 10.4 Å². The van der Waals surface area contributed by atoms with Crippen LogP contribution in [0.2, 0.25) is 5.02 Å². The van der Waals surface area contributed by atoms with E-state index in [1.54, 1.807) is 24.3 Å². The molecular formula is C19H16ClF3INO3. The van der Waals surface area contributed by atoms with Crippen LogP contribution in [0.25, 0.3) is 0 Å². The van der Waals surface area contributed by atoms with E-state index in [0.717, 1.165) is 21.8 Å².